The van der Waals surface area contributed by atoms with Crippen LogP contribution in [0.5, 0.6) is 0 Å². The van der Waals surface area contributed by atoms with Crippen molar-refractivity contribution in [2.24, 2.45) is 0 Å². The molecule has 11 heteroatoms. The van der Waals surface area contributed by atoms with Crippen LogP contribution in [0.15, 0.2) is 0 Å². The molecule has 0 aromatic carbocycles. The summed E-state index contributed by atoms with van der Waals surface area (Å²) in [5.74, 6) is -5.39. The second-order valence-electron chi connectivity index (χ2n) is 3.46. The van der Waals surface area contributed by atoms with Crippen LogP contribution < -0.4 is 6.15 Å². The fourth-order valence-electron chi connectivity index (χ4n) is 1.19. The minimum absolute atomic E-state index is 0. The summed E-state index contributed by atoms with van der Waals surface area (Å²) in [4.78, 5) is 21.6. The Morgan fingerprint density at radius 3 is 1.65 bits per heavy atom. The van der Waals surface area contributed by atoms with Crippen molar-refractivity contribution in [3.63, 3.8) is 0 Å². The van der Waals surface area contributed by atoms with Gasteiger partial charge in [-0.3, -0.25) is 0 Å². The first-order chi connectivity index (χ1) is 6.88. The molecule has 1 unspecified atom stereocenters. The summed E-state index contributed by atoms with van der Waals surface area (Å²) in [6.45, 7) is 0. The van der Waals surface area contributed by atoms with Gasteiger partial charge in [0.25, 0.3) is 0 Å². The third-order valence-corrected chi connectivity index (χ3v) is 2.06. The van der Waals surface area contributed by atoms with Crippen LogP contribution in [0.1, 0.15) is 19.3 Å². The van der Waals surface area contributed by atoms with E-state index >= 15 is 0 Å². The highest BCUT2D eigenvalue weighted by atomic mass is 31.2. The van der Waals surface area contributed by atoms with Crippen molar-refractivity contribution in [1.82, 2.24) is 6.15 Å². The molecule has 0 radical (unpaired) electrons. The van der Waals surface area contributed by atoms with Crippen LogP contribution in [0.25, 0.3) is 0 Å². The van der Waals surface area contributed by atoms with Gasteiger partial charge in [-0.05, 0) is 12.8 Å². The number of hydrogen-bond acceptors (Lipinski definition) is 7. The van der Waals surface area contributed by atoms with E-state index in [1.54, 1.807) is 0 Å². The monoisotopic (exact) mass is 279 g/mol. The molecule has 17 heavy (non-hydrogen) atoms. The lowest BCUT2D eigenvalue weighted by molar-refractivity contribution is -0.397. The molecule has 0 saturated heterocycles. The molecule has 1 fully saturated rings. The number of rotatable bonds is 0. The van der Waals surface area contributed by atoms with Gasteiger partial charge in [0.15, 0.2) is 0 Å². The third kappa shape index (κ3) is 6.38. The van der Waals surface area contributed by atoms with E-state index in [4.69, 9.17) is 44.8 Å². The fraction of sp³-hybridized carbons (Fsp3) is 1.00. The van der Waals surface area contributed by atoms with Gasteiger partial charge in [0, 0.05) is 6.42 Å². The first kappa shape index (κ1) is 19.2. The van der Waals surface area contributed by atoms with Crippen LogP contribution in [0.2, 0.25) is 0 Å². The molecule has 0 spiro atoms. The minimum atomic E-state index is -4.64. The topological polar surface area (TPSA) is 214 Å². The number of aliphatic hydroxyl groups is 5. The van der Waals surface area contributed by atoms with Gasteiger partial charge < -0.3 is 46.4 Å². The SMILES string of the molecule is N.O=P(O)(O)O.OC1CCCC(O)(O)C1(O)O. The minimum Gasteiger partial charge on any atom is -0.387 e. The first-order valence-electron chi connectivity index (χ1n) is 4.24. The van der Waals surface area contributed by atoms with Gasteiger partial charge in [0.2, 0.25) is 11.6 Å². The van der Waals surface area contributed by atoms with Crippen molar-refractivity contribution in [3.8, 4) is 0 Å². The van der Waals surface area contributed by atoms with Crippen molar-refractivity contribution < 1.29 is 44.8 Å². The van der Waals surface area contributed by atoms with E-state index in [9.17, 15) is 0 Å². The van der Waals surface area contributed by atoms with Gasteiger partial charge in [0.05, 0.1) is 0 Å². The molecule has 1 saturated carbocycles. The van der Waals surface area contributed by atoms with Crippen molar-refractivity contribution in [2.45, 2.75) is 36.9 Å². The van der Waals surface area contributed by atoms with Gasteiger partial charge in [-0.25, -0.2) is 4.57 Å². The molecule has 1 aliphatic rings. The second kappa shape index (κ2) is 6.16. The standard InChI is InChI=1S/C6H12O5.H3N.H3O4P/c7-4-2-1-3-5(8,9)6(4,10)11;;1-5(2,3)4/h4,7-11H,1-3H2;1H3;(H3,1,2,3,4). The van der Waals surface area contributed by atoms with Gasteiger partial charge >= 0.3 is 7.82 Å². The van der Waals surface area contributed by atoms with Gasteiger partial charge in [-0.15, -0.1) is 0 Å². The number of hydrogen-bond donors (Lipinski definition) is 9. The molecule has 0 heterocycles. The van der Waals surface area contributed by atoms with Crippen LogP contribution in [0, 0.1) is 0 Å². The Bertz CT molecular complexity index is 266. The molecule has 1 rings (SSSR count). The molecular weight excluding hydrogens is 261 g/mol. The maximum absolute atomic E-state index is 8.98. The Hall–Kier alpha value is -0.130. The fourth-order valence-corrected chi connectivity index (χ4v) is 1.19. The molecule has 11 N–H and O–H groups in total. The summed E-state index contributed by atoms with van der Waals surface area (Å²) in [6.07, 6.45) is -1.12. The Morgan fingerprint density at radius 1 is 1.06 bits per heavy atom. The lowest BCUT2D eigenvalue weighted by atomic mass is 9.86. The highest BCUT2D eigenvalue weighted by Crippen LogP contribution is 2.33. The molecule has 0 aromatic rings. The smallest absolute Gasteiger partial charge is 0.387 e. The zero-order valence-electron chi connectivity index (χ0n) is 8.84. The summed E-state index contributed by atoms with van der Waals surface area (Å²) in [7, 11) is -4.64. The normalized spacial score (nSPS) is 26.2. The maximum atomic E-state index is 8.98. The summed E-state index contributed by atoms with van der Waals surface area (Å²) >= 11 is 0. The number of aliphatic hydroxyl groups excluding tert-OH is 1. The van der Waals surface area contributed by atoms with E-state index in [-0.39, 0.29) is 19.0 Å². The van der Waals surface area contributed by atoms with Crippen molar-refractivity contribution >= 4 is 7.82 Å². The molecule has 106 valence electrons. The Kier molecular flexibility index (Phi) is 6.96. The molecule has 0 aliphatic heterocycles. The predicted molar refractivity (Wildman–Crippen MR) is 53.5 cm³/mol. The number of phosphoric acid groups is 1. The molecule has 1 atom stereocenters. The Labute approximate surface area is 96.6 Å². The average Bonchev–Trinajstić information content (AvgIpc) is 1.97. The van der Waals surface area contributed by atoms with Crippen molar-refractivity contribution in [2.75, 3.05) is 0 Å². The van der Waals surface area contributed by atoms with Crippen LogP contribution in [0.3, 0.4) is 0 Å². The van der Waals surface area contributed by atoms with E-state index in [0.717, 1.165) is 0 Å². The van der Waals surface area contributed by atoms with E-state index in [1.165, 1.54) is 0 Å². The Balaban J connectivity index is 0. The van der Waals surface area contributed by atoms with Gasteiger partial charge in [0.1, 0.15) is 6.10 Å². The molecule has 0 aromatic heterocycles. The van der Waals surface area contributed by atoms with Crippen molar-refractivity contribution in [3.05, 3.63) is 0 Å². The largest absolute Gasteiger partial charge is 0.466 e. The third-order valence-electron chi connectivity index (χ3n) is 2.06. The maximum Gasteiger partial charge on any atom is 0.466 e. The summed E-state index contributed by atoms with van der Waals surface area (Å²) < 4.78 is 8.88. The lowest BCUT2D eigenvalue weighted by Crippen LogP contribution is -2.63. The molecule has 10 nitrogen and oxygen atoms in total. The van der Waals surface area contributed by atoms with Crippen LogP contribution in [-0.4, -0.2) is 57.9 Å². The quantitative estimate of drug-likeness (QED) is 0.163. The van der Waals surface area contributed by atoms with E-state index < -0.39 is 25.5 Å². The highest BCUT2D eigenvalue weighted by molar-refractivity contribution is 7.45. The zero-order valence-corrected chi connectivity index (χ0v) is 9.73. The lowest BCUT2D eigenvalue weighted by Gasteiger charge is -2.41. The van der Waals surface area contributed by atoms with E-state index in [1.807, 2.05) is 0 Å². The zero-order chi connectivity index (χ0) is 13.2. The highest BCUT2D eigenvalue weighted by Gasteiger charge is 2.54. The van der Waals surface area contributed by atoms with Gasteiger partial charge in [-0.2, -0.15) is 0 Å². The predicted octanol–water partition coefficient (Wildman–Crippen LogP) is -2.87. The molecule has 0 bridgehead atoms. The summed E-state index contributed by atoms with van der Waals surface area (Å²) in [6, 6.07) is 0. The van der Waals surface area contributed by atoms with Crippen LogP contribution >= 0.6 is 7.82 Å². The molecule has 0 amide bonds. The second-order valence-corrected chi connectivity index (χ2v) is 4.49. The van der Waals surface area contributed by atoms with Crippen LogP contribution in [-0.2, 0) is 4.57 Å². The molecular formula is C6H18NO9P. The van der Waals surface area contributed by atoms with E-state index in [0.29, 0.717) is 6.42 Å². The average molecular weight is 279 g/mol. The first-order valence-corrected chi connectivity index (χ1v) is 5.80. The van der Waals surface area contributed by atoms with Crippen molar-refractivity contribution in [1.29, 1.82) is 0 Å². The van der Waals surface area contributed by atoms with Crippen LogP contribution in [0.4, 0.5) is 0 Å². The summed E-state index contributed by atoms with van der Waals surface area (Å²) in [5.41, 5.74) is 0. The Morgan fingerprint density at radius 2 is 1.41 bits per heavy atom. The van der Waals surface area contributed by atoms with Gasteiger partial charge in [-0.1, -0.05) is 0 Å². The molecule has 1 aliphatic carbocycles. The summed E-state index contributed by atoms with van der Waals surface area (Å²) in [5, 5.41) is 44.8. The van der Waals surface area contributed by atoms with E-state index in [2.05, 4.69) is 0 Å².